The molecule has 0 heterocycles. The largest absolute Gasteiger partial charge is 0.461 e. The molecule has 0 aromatic heterocycles. The second-order valence-electron chi connectivity index (χ2n) is 7.95. The van der Waals surface area contributed by atoms with Crippen LogP contribution in [-0.4, -0.2) is 48.6 Å². The van der Waals surface area contributed by atoms with Gasteiger partial charge in [0.2, 0.25) is 5.91 Å². The molecule has 1 rings (SSSR count). The minimum Gasteiger partial charge on any atom is -0.461 e. The van der Waals surface area contributed by atoms with E-state index in [4.69, 9.17) is 15.0 Å². The zero-order valence-corrected chi connectivity index (χ0v) is 19.6. The number of hydrogen-bond acceptors (Lipinski definition) is 7. The van der Waals surface area contributed by atoms with Crippen molar-refractivity contribution in [1.82, 2.24) is 5.32 Å². The molecule has 1 amide bonds. The molecular formula is C22H32N4O5S. The van der Waals surface area contributed by atoms with E-state index in [9.17, 15) is 14.4 Å². The van der Waals surface area contributed by atoms with E-state index in [2.05, 4.69) is 28.5 Å². The molecule has 9 nitrogen and oxygen atoms in total. The van der Waals surface area contributed by atoms with Crippen molar-refractivity contribution in [2.75, 3.05) is 24.7 Å². The average Bonchev–Trinajstić information content (AvgIpc) is 3.41. The van der Waals surface area contributed by atoms with E-state index in [0.717, 1.165) is 25.0 Å². The molecule has 0 unspecified atom stereocenters. The Bertz CT molecular complexity index is 774. The maximum absolute atomic E-state index is 12.4. The molecule has 2 atom stereocenters. The van der Waals surface area contributed by atoms with Crippen LogP contribution < -0.4 is 5.32 Å². The van der Waals surface area contributed by atoms with Crippen LogP contribution in [0, 0.1) is 11.3 Å². The summed E-state index contributed by atoms with van der Waals surface area (Å²) in [4.78, 5) is 39.1. The summed E-state index contributed by atoms with van der Waals surface area (Å²) < 4.78 is 9.98. The number of amides is 1. The van der Waals surface area contributed by atoms with Crippen LogP contribution in [0.15, 0.2) is 42.2 Å². The molecule has 176 valence electrons. The molecular weight excluding hydrogens is 432 g/mol. The van der Waals surface area contributed by atoms with Crippen molar-refractivity contribution in [3.05, 3.63) is 47.5 Å². The maximum atomic E-state index is 12.4. The lowest BCUT2D eigenvalue weighted by Gasteiger charge is -2.11. The third-order valence-electron chi connectivity index (χ3n) is 4.81. The van der Waals surface area contributed by atoms with Gasteiger partial charge < -0.3 is 14.8 Å². The fourth-order valence-electron chi connectivity index (χ4n) is 2.77. The second kappa shape index (κ2) is 14.4. The van der Waals surface area contributed by atoms with E-state index in [-0.39, 0.29) is 36.2 Å². The lowest BCUT2D eigenvalue weighted by Crippen LogP contribution is -2.31. The number of ether oxygens (including phenoxy) is 2. The van der Waals surface area contributed by atoms with Crippen LogP contribution in [0.5, 0.6) is 0 Å². The maximum Gasteiger partial charge on any atom is 0.354 e. The van der Waals surface area contributed by atoms with Gasteiger partial charge in [-0.1, -0.05) is 50.3 Å². The summed E-state index contributed by atoms with van der Waals surface area (Å²) in [6, 6.07) is -0.877. The Morgan fingerprint density at radius 2 is 1.91 bits per heavy atom. The Hall–Kier alpha value is -2.71. The molecule has 1 fully saturated rings. The number of thioether (sulfide) groups is 1. The molecule has 0 aliphatic heterocycles. The number of nitrogens with one attached hydrogen (secondary N) is 1. The molecule has 0 bridgehead atoms. The lowest BCUT2D eigenvalue weighted by atomic mass is 10.1. The Labute approximate surface area is 193 Å². The molecule has 0 saturated heterocycles. The summed E-state index contributed by atoms with van der Waals surface area (Å²) in [6.07, 6.45) is 7.54. The fraction of sp³-hybridized carbons (Fsp3) is 0.591. The van der Waals surface area contributed by atoms with Gasteiger partial charge in [0.25, 0.3) is 0 Å². The van der Waals surface area contributed by atoms with E-state index >= 15 is 0 Å². The molecule has 1 N–H and O–H groups in total. The van der Waals surface area contributed by atoms with E-state index < -0.39 is 18.0 Å². The summed E-state index contributed by atoms with van der Waals surface area (Å²) in [5.74, 6) is -0.366. The van der Waals surface area contributed by atoms with Gasteiger partial charge in [-0.15, -0.1) is 0 Å². The normalized spacial score (nSPS) is 17.3. The Morgan fingerprint density at radius 3 is 2.50 bits per heavy atom. The SMILES string of the molecule is C=CCOC(=O)/C(=C/CCCCSC[C@@H](N=[N+]=[N-])C(=O)OCC=C)NC(=O)[C@@H]1CC1(C)C. The third-order valence-corrected chi connectivity index (χ3v) is 5.94. The standard InChI is InChI=1S/C22H32N4O5S/c1-5-11-30-20(28)17(24-19(27)16-14-22(16,3)4)10-8-7-9-13-32-15-18(25-26-23)21(29)31-12-6-2/h5-6,10,16,18H,1-2,7-9,11-15H2,3-4H3,(H,24,27)/b17-10-/t16-,18+/m0/s1. The number of unbranched alkanes of at least 4 members (excludes halogenated alkanes) is 2. The van der Waals surface area contributed by atoms with Crippen LogP contribution in [-0.2, 0) is 23.9 Å². The van der Waals surface area contributed by atoms with Gasteiger partial charge in [-0.25, -0.2) is 4.79 Å². The Kier molecular flexibility index (Phi) is 12.3. The number of carbonyl (C=O) groups is 3. The molecule has 0 radical (unpaired) electrons. The first-order valence-corrected chi connectivity index (χ1v) is 11.6. The summed E-state index contributed by atoms with van der Waals surface area (Å²) in [6.45, 7) is 11.1. The highest BCUT2D eigenvalue weighted by molar-refractivity contribution is 7.99. The van der Waals surface area contributed by atoms with Crippen LogP contribution >= 0.6 is 11.8 Å². The third kappa shape index (κ3) is 10.1. The molecule has 1 aliphatic carbocycles. The number of nitrogens with zero attached hydrogens (tertiary/aromatic N) is 3. The number of carbonyl (C=O) groups excluding carboxylic acids is 3. The number of rotatable bonds is 16. The van der Waals surface area contributed by atoms with E-state index in [1.54, 1.807) is 6.08 Å². The van der Waals surface area contributed by atoms with Gasteiger partial charge in [0.1, 0.15) is 25.0 Å². The topological polar surface area (TPSA) is 130 Å². The Morgan fingerprint density at radius 1 is 1.25 bits per heavy atom. The quantitative estimate of drug-likeness (QED) is 0.0697. The molecule has 0 aromatic carbocycles. The van der Waals surface area contributed by atoms with Crippen LogP contribution in [0.25, 0.3) is 10.4 Å². The van der Waals surface area contributed by atoms with Crippen molar-refractivity contribution in [2.24, 2.45) is 16.4 Å². The average molecular weight is 465 g/mol. The first kappa shape index (κ1) is 27.3. The highest BCUT2D eigenvalue weighted by Gasteiger charge is 2.50. The fourth-order valence-corrected chi connectivity index (χ4v) is 3.77. The van der Waals surface area contributed by atoms with Crippen LogP contribution in [0.2, 0.25) is 0 Å². The molecule has 1 aliphatic rings. The summed E-state index contributed by atoms with van der Waals surface area (Å²) in [5.41, 5.74) is 8.72. The summed E-state index contributed by atoms with van der Waals surface area (Å²) >= 11 is 1.48. The first-order chi connectivity index (χ1) is 15.3. The van der Waals surface area contributed by atoms with Crippen molar-refractivity contribution in [3.8, 4) is 0 Å². The van der Waals surface area contributed by atoms with Crippen molar-refractivity contribution in [1.29, 1.82) is 0 Å². The van der Waals surface area contributed by atoms with E-state index in [1.807, 2.05) is 13.8 Å². The number of esters is 2. The predicted molar refractivity (Wildman–Crippen MR) is 125 cm³/mol. The van der Waals surface area contributed by atoms with Crippen molar-refractivity contribution in [3.63, 3.8) is 0 Å². The predicted octanol–water partition coefficient (Wildman–Crippen LogP) is 4.07. The number of allylic oxidation sites excluding steroid dienone is 1. The van der Waals surface area contributed by atoms with E-state index in [0.29, 0.717) is 12.2 Å². The first-order valence-electron chi connectivity index (χ1n) is 10.4. The number of hydrogen-bond donors (Lipinski definition) is 1. The lowest BCUT2D eigenvalue weighted by molar-refractivity contribution is -0.143. The monoisotopic (exact) mass is 464 g/mol. The van der Waals surface area contributed by atoms with Crippen molar-refractivity contribution >= 4 is 29.6 Å². The van der Waals surface area contributed by atoms with Gasteiger partial charge in [-0.3, -0.25) is 9.59 Å². The van der Waals surface area contributed by atoms with Crippen LogP contribution in [0.4, 0.5) is 0 Å². The van der Waals surface area contributed by atoms with Gasteiger partial charge in [0.05, 0.1) is 0 Å². The molecule has 0 aromatic rings. The van der Waals surface area contributed by atoms with E-state index in [1.165, 1.54) is 23.9 Å². The minimum atomic E-state index is -0.877. The molecule has 1 saturated carbocycles. The van der Waals surface area contributed by atoms with Gasteiger partial charge in [0, 0.05) is 16.6 Å². The highest BCUT2D eigenvalue weighted by atomic mass is 32.2. The zero-order chi connectivity index (χ0) is 24.0. The summed E-state index contributed by atoms with van der Waals surface area (Å²) in [5, 5.41) is 6.18. The molecule has 32 heavy (non-hydrogen) atoms. The van der Waals surface area contributed by atoms with Gasteiger partial charge in [-0.05, 0) is 42.4 Å². The van der Waals surface area contributed by atoms with Crippen LogP contribution in [0.1, 0.15) is 39.5 Å². The second-order valence-corrected chi connectivity index (χ2v) is 9.10. The summed E-state index contributed by atoms with van der Waals surface area (Å²) in [7, 11) is 0. The van der Waals surface area contributed by atoms with Gasteiger partial charge in [0.15, 0.2) is 0 Å². The van der Waals surface area contributed by atoms with Crippen molar-refractivity contribution < 1.29 is 23.9 Å². The number of azide groups is 1. The molecule has 0 spiro atoms. The van der Waals surface area contributed by atoms with Gasteiger partial charge >= 0.3 is 11.9 Å². The van der Waals surface area contributed by atoms with Crippen molar-refractivity contribution in [2.45, 2.75) is 45.6 Å². The molecule has 10 heteroatoms. The van der Waals surface area contributed by atoms with Gasteiger partial charge in [-0.2, -0.15) is 11.8 Å². The smallest absolute Gasteiger partial charge is 0.354 e. The van der Waals surface area contributed by atoms with Crippen LogP contribution in [0.3, 0.4) is 0 Å². The highest BCUT2D eigenvalue weighted by Crippen LogP contribution is 2.51. The zero-order valence-electron chi connectivity index (χ0n) is 18.7. The minimum absolute atomic E-state index is 0.0387. The Balaban J connectivity index is 2.45.